The smallest absolute Gasteiger partial charge is 0.335 e. The predicted molar refractivity (Wildman–Crippen MR) is 122 cm³/mol. The number of carbonyl (C=O) groups is 1. The first-order valence-corrected chi connectivity index (χ1v) is 12.5. The number of nitrogens with two attached hydrogens (primary N) is 1. The maximum atomic E-state index is 12.3. The van der Waals surface area contributed by atoms with E-state index in [1.165, 1.54) is 6.07 Å². The van der Waals surface area contributed by atoms with E-state index < -0.39 is 5.60 Å². The van der Waals surface area contributed by atoms with E-state index in [2.05, 4.69) is 19.2 Å². The predicted octanol–water partition coefficient (Wildman–Crippen LogP) is 3.32. The fourth-order valence-corrected chi connectivity index (χ4v) is 8.74. The lowest BCUT2D eigenvalue weighted by atomic mass is 9.43. The highest BCUT2D eigenvalue weighted by atomic mass is 16.4. The fraction of sp³-hybridized carbons (Fsp3) is 0.769. The minimum Gasteiger partial charge on any atom is -0.431 e. The number of fused-ring (bicyclic) bond motifs is 5. The van der Waals surface area contributed by atoms with Crippen LogP contribution in [0.15, 0.2) is 27.6 Å². The van der Waals surface area contributed by atoms with Gasteiger partial charge < -0.3 is 20.6 Å². The van der Waals surface area contributed by atoms with Crippen molar-refractivity contribution in [1.29, 1.82) is 0 Å². The molecule has 0 spiro atoms. The van der Waals surface area contributed by atoms with Crippen LogP contribution in [0.25, 0.3) is 0 Å². The molecule has 5 rings (SSSR count). The van der Waals surface area contributed by atoms with Gasteiger partial charge in [0, 0.05) is 17.5 Å². The standard InChI is InChI=1S/C26H38N2O4/c1-24-10-7-18(28-22(29)14-27)13-17(24)4-5-21-20(24)8-11-25(2)19(9-12-26(21,25)31)16-3-6-23(30)32-15-16/h3,6,15,17-21,31H,4-5,7-14,27H2,1-2H3,(H,28,29)/t17-,18-,19-,20-,21-,24-,25-,26-/m1/s1. The maximum Gasteiger partial charge on any atom is 0.335 e. The first kappa shape index (κ1) is 22.1. The van der Waals surface area contributed by atoms with E-state index in [1.54, 1.807) is 6.26 Å². The minimum absolute atomic E-state index is 0.0521. The third-order valence-corrected chi connectivity index (χ3v) is 10.5. The van der Waals surface area contributed by atoms with Gasteiger partial charge in [-0.25, -0.2) is 4.79 Å². The van der Waals surface area contributed by atoms with Gasteiger partial charge in [0.2, 0.25) is 5.91 Å². The van der Waals surface area contributed by atoms with Crippen LogP contribution in [0.5, 0.6) is 0 Å². The second-order valence-corrected chi connectivity index (χ2v) is 11.6. The maximum absolute atomic E-state index is 12.3. The summed E-state index contributed by atoms with van der Waals surface area (Å²) in [6, 6.07) is 3.64. The average molecular weight is 443 g/mol. The number of rotatable bonds is 3. The topological polar surface area (TPSA) is 106 Å². The Kier molecular flexibility index (Phi) is 5.33. The van der Waals surface area contributed by atoms with E-state index in [9.17, 15) is 14.7 Å². The van der Waals surface area contributed by atoms with Gasteiger partial charge in [-0.2, -0.15) is 0 Å². The summed E-state index contributed by atoms with van der Waals surface area (Å²) in [4.78, 5) is 23.3. The lowest BCUT2D eigenvalue weighted by molar-refractivity contribution is -0.202. The van der Waals surface area contributed by atoms with Crippen LogP contribution in [0, 0.1) is 28.6 Å². The Morgan fingerprint density at radius 3 is 2.66 bits per heavy atom. The molecule has 0 aromatic carbocycles. The molecular weight excluding hydrogens is 404 g/mol. The van der Waals surface area contributed by atoms with Crippen LogP contribution in [-0.4, -0.2) is 29.2 Å². The van der Waals surface area contributed by atoms with Crippen LogP contribution in [0.1, 0.15) is 83.1 Å². The van der Waals surface area contributed by atoms with E-state index in [0.717, 1.165) is 63.4 Å². The summed E-state index contributed by atoms with van der Waals surface area (Å²) in [5.41, 5.74) is 5.61. The molecule has 1 heterocycles. The average Bonchev–Trinajstić information content (AvgIpc) is 3.06. The van der Waals surface area contributed by atoms with Gasteiger partial charge in [-0.15, -0.1) is 0 Å². The van der Waals surface area contributed by atoms with Crippen molar-refractivity contribution in [2.45, 2.75) is 89.2 Å². The van der Waals surface area contributed by atoms with E-state index >= 15 is 0 Å². The fourth-order valence-electron chi connectivity index (χ4n) is 8.74. The zero-order valence-corrected chi connectivity index (χ0v) is 19.4. The van der Waals surface area contributed by atoms with Crippen molar-refractivity contribution in [3.05, 3.63) is 34.4 Å². The van der Waals surface area contributed by atoms with Crippen LogP contribution in [0.2, 0.25) is 0 Å². The number of hydrogen-bond donors (Lipinski definition) is 3. The summed E-state index contributed by atoms with van der Waals surface area (Å²) in [6.07, 6.45) is 10.9. The summed E-state index contributed by atoms with van der Waals surface area (Å²) in [6.45, 7) is 4.79. The Hall–Kier alpha value is -1.66. The lowest BCUT2D eigenvalue weighted by Gasteiger charge is -2.63. The monoisotopic (exact) mass is 442 g/mol. The molecule has 4 aliphatic rings. The van der Waals surface area contributed by atoms with Crippen LogP contribution < -0.4 is 16.7 Å². The molecule has 176 valence electrons. The molecule has 0 unspecified atom stereocenters. The molecule has 1 aromatic rings. The molecule has 8 atom stereocenters. The molecule has 4 aliphatic carbocycles. The van der Waals surface area contributed by atoms with Gasteiger partial charge in [0.15, 0.2) is 0 Å². The second-order valence-electron chi connectivity index (χ2n) is 11.6. The van der Waals surface area contributed by atoms with Crippen molar-refractivity contribution in [3.8, 4) is 0 Å². The molecule has 0 radical (unpaired) electrons. The highest BCUT2D eigenvalue weighted by molar-refractivity contribution is 5.78. The van der Waals surface area contributed by atoms with Gasteiger partial charge in [-0.1, -0.05) is 13.8 Å². The van der Waals surface area contributed by atoms with Gasteiger partial charge in [0.05, 0.1) is 18.4 Å². The number of amides is 1. The SMILES string of the molecule is C[C@@]12CC[C@@H](NC(=O)CN)C[C@H]1CC[C@@H]1[C@H]2CC[C@]2(C)[C@@H](c3ccc(=O)oc3)CC[C@@]12O. The molecule has 4 fully saturated rings. The Bertz CT molecular complexity index is 926. The molecule has 6 heteroatoms. The molecule has 0 saturated heterocycles. The number of carbonyl (C=O) groups excluding carboxylic acids is 1. The quantitative estimate of drug-likeness (QED) is 0.666. The lowest BCUT2D eigenvalue weighted by Crippen LogP contribution is -2.62. The van der Waals surface area contributed by atoms with Crippen molar-refractivity contribution in [1.82, 2.24) is 5.32 Å². The summed E-state index contributed by atoms with van der Waals surface area (Å²) in [5.74, 6) is 1.61. The van der Waals surface area contributed by atoms with Crippen molar-refractivity contribution in [3.63, 3.8) is 0 Å². The van der Waals surface area contributed by atoms with Gasteiger partial charge in [0.25, 0.3) is 0 Å². The molecular formula is C26H38N2O4. The zero-order chi connectivity index (χ0) is 22.7. The first-order chi connectivity index (χ1) is 15.2. The normalized spacial score (nSPS) is 45.4. The molecule has 32 heavy (non-hydrogen) atoms. The van der Waals surface area contributed by atoms with E-state index in [-0.39, 0.29) is 40.9 Å². The summed E-state index contributed by atoms with van der Waals surface area (Å²) in [7, 11) is 0. The van der Waals surface area contributed by atoms with Crippen LogP contribution in [0.3, 0.4) is 0 Å². The summed E-state index contributed by atoms with van der Waals surface area (Å²) >= 11 is 0. The Morgan fingerprint density at radius 2 is 1.94 bits per heavy atom. The van der Waals surface area contributed by atoms with Crippen LogP contribution in [-0.2, 0) is 4.79 Å². The zero-order valence-electron chi connectivity index (χ0n) is 19.4. The molecule has 6 nitrogen and oxygen atoms in total. The van der Waals surface area contributed by atoms with Gasteiger partial charge >= 0.3 is 5.63 Å². The van der Waals surface area contributed by atoms with Crippen molar-refractivity contribution in [2.75, 3.05) is 6.54 Å². The van der Waals surface area contributed by atoms with E-state index in [4.69, 9.17) is 10.2 Å². The molecule has 1 aromatic heterocycles. The van der Waals surface area contributed by atoms with E-state index in [1.807, 2.05) is 6.07 Å². The Morgan fingerprint density at radius 1 is 1.12 bits per heavy atom. The van der Waals surface area contributed by atoms with E-state index in [0.29, 0.717) is 17.8 Å². The van der Waals surface area contributed by atoms with Crippen molar-refractivity contribution < 1.29 is 14.3 Å². The minimum atomic E-state index is -0.671. The summed E-state index contributed by atoms with van der Waals surface area (Å²) in [5, 5.41) is 15.4. The number of hydrogen-bond acceptors (Lipinski definition) is 5. The van der Waals surface area contributed by atoms with Crippen LogP contribution >= 0.6 is 0 Å². The Balaban J connectivity index is 1.39. The van der Waals surface area contributed by atoms with Gasteiger partial charge in [0.1, 0.15) is 0 Å². The number of nitrogens with one attached hydrogen (secondary N) is 1. The van der Waals surface area contributed by atoms with Crippen molar-refractivity contribution in [2.24, 2.45) is 34.3 Å². The summed E-state index contributed by atoms with van der Waals surface area (Å²) < 4.78 is 5.19. The molecule has 0 bridgehead atoms. The van der Waals surface area contributed by atoms with Gasteiger partial charge in [-0.05, 0) is 98.5 Å². The van der Waals surface area contributed by atoms with Crippen LogP contribution in [0.4, 0.5) is 0 Å². The Labute approximate surface area is 190 Å². The highest BCUT2D eigenvalue weighted by Gasteiger charge is 2.67. The largest absolute Gasteiger partial charge is 0.431 e. The second kappa shape index (κ2) is 7.69. The first-order valence-electron chi connectivity index (χ1n) is 12.5. The molecule has 0 aliphatic heterocycles. The number of aliphatic hydroxyl groups is 1. The van der Waals surface area contributed by atoms with Gasteiger partial charge in [-0.3, -0.25) is 4.79 Å². The van der Waals surface area contributed by atoms with Crippen molar-refractivity contribution >= 4 is 5.91 Å². The highest BCUT2D eigenvalue weighted by Crippen LogP contribution is 2.70. The third kappa shape index (κ3) is 3.12. The molecule has 4 saturated carbocycles. The molecule has 4 N–H and O–H groups in total. The third-order valence-electron chi connectivity index (χ3n) is 10.5. The molecule has 1 amide bonds.